The molecule has 6 nitrogen and oxygen atoms in total. The number of carbonyl (C=O) groups is 1. The van der Waals surface area contributed by atoms with Gasteiger partial charge in [0.05, 0.1) is 11.4 Å². The number of anilines is 1. The molecule has 0 aliphatic rings. The summed E-state index contributed by atoms with van der Waals surface area (Å²) in [4.78, 5) is 16.8. The van der Waals surface area contributed by atoms with Crippen molar-refractivity contribution >= 4 is 34.1 Å². The second-order valence-electron chi connectivity index (χ2n) is 6.14. The van der Waals surface area contributed by atoms with E-state index >= 15 is 0 Å². The number of aromatic nitrogens is 4. The minimum absolute atomic E-state index is 0.0890. The van der Waals surface area contributed by atoms with Gasteiger partial charge in [-0.3, -0.25) is 4.79 Å². The number of nitrogens with zero attached hydrogens (tertiary/aromatic N) is 4. The highest BCUT2D eigenvalue weighted by Crippen LogP contribution is 2.25. The number of amides is 1. The molecular weight excluding hydrogens is 378 g/mol. The second kappa shape index (κ2) is 9.14. The molecule has 3 aromatic rings. The molecule has 0 saturated carbocycles. The van der Waals surface area contributed by atoms with Gasteiger partial charge < -0.3 is 9.88 Å². The van der Waals surface area contributed by atoms with Crippen molar-refractivity contribution in [1.82, 2.24) is 19.7 Å². The maximum atomic E-state index is 12.3. The van der Waals surface area contributed by atoms with E-state index in [0.29, 0.717) is 5.13 Å². The molecule has 0 bridgehead atoms. The first-order chi connectivity index (χ1) is 13.1. The Morgan fingerprint density at radius 2 is 2.00 bits per heavy atom. The molecule has 0 fully saturated rings. The summed E-state index contributed by atoms with van der Waals surface area (Å²) in [6.45, 7) is 7.10. The SMILES string of the molecule is CCCn1c(CC)nnc1SCC(=O)Nc1nc(-c2ccc(C)cc2)cs1. The van der Waals surface area contributed by atoms with E-state index in [1.165, 1.54) is 28.7 Å². The van der Waals surface area contributed by atoms with Gasteiger partial charge in [0.1, 0.15) is 5.82 Å². The monoisotopic (exact) mass is 401 g/mol. The Labute approximate surface area is 167 Å². The summed E-state index contributed by atoms with van der Waals surface area (Å²) in [5, 5.41) is 14.7. The van der Waals surface area contributed by atoms with Crippen molar-refractivity contribution in [2.24, 2.45) is 0 Å². The first kappa shape index (κ1) is 19.6. The maximum absolute atomic E-state index is 12.3. The summed E-state index contributed by atoms with van der Waals surface area (Å²) in [7, 11) is 0. The Balaban J connectivity index is 1.59. The lowest BCUT2D eigenvalue weighted by Crippen LogP contribution is -2.14. The molecule has 2 aromatic heterocycles. The quantitative estimate of drug-likeness (QED) is 0.566. The van der Waals surface area contributed by atoms with Crippen LogP contribution in [0.1, 0.15) is 31.7 Å². The van der Waals surface area contributed by atoms with E-state index in [2.05, 4.69) is 58.0 Å². The zero-order valence-corrected chi connectivity index (χ0v) is 17.4. The van der Waals surface area contributed by atoms with Crippen molar-refractivity contribution in [3.8, 4) is 11.3 Å². The number of hydrogen-bond acceptors (Lipinski definition) is 6. The minimum atomic E-state index is -0.0890. The summed E-state index contributed by atoms with van der Waals surface area (Å²) < 4.78 is 2.09. The fourth-order valence-electron chi connectivity index (χ4n) is 2.61. The van der Waals surface area contributed by atoms with E-state index in [-0.39, 0.29) is 11.7 Å². The van der Waals surface area contributed by atoms with Gasteiger partial charge in [-0.15, -0.1) is 21.5 Å². The zero-order chi connectivity index (χ0) is 19.2. The fourth-order valence-corrected chi connectivity index (χ4v) is 4.13. The first-order valence-corrected chi connectivity index (χ1v) is 10.8. The van der Waals surface area contributed by atoms with Crippen molar-refractivity contribution in [3.63, 3.8) is 0 Å². The molecule has 0 saturated heterocycles. The van der Waals surface area contributed by atoms with Crippen LogP contribution in [0.25, 0.3) is 11.3 Å². The Bertz CT molecular complexity index is 901. The van der Waals surface area contributed by atoms with Crippen LogP contribution in [0.4, 0.5) is 5.13 Å². The lowest BCUT2D eigenvalue weighted by atomic mass is 10.1. The molecule has 27 heavy (non-hydrogen) atoms. The first-order valence-electron chi connectivity index (χ1n) is 8.98. The molecule has 0 spiro atoms. The van der Waals surface area contributed by atoms with E-state index in [1.807, 2.05) is 17.5 Å². The number of thiazole rings is 1. The molecule has 0 atom stereocenters. The number of carbonyl (C=O) groups excluding carboxylic acids is 1. The third-order valence-electron chi connectivity index (χ3n) is 3.99. The van der Waals surface area contributed by atoms with Crippen LogP contribution < -0.4 is 5.32 Å². The van der Waals surface area contributed by atoms with Gasteiger partial charge in [0.15, 0.2) is 10.3 Å². The van der Waals surface area contributed by atoms with Gasteiger partial charge in [-0.25, -0.2) is 4.98 Å². The summed E-state index contributed by atoms with van der Waals surface area (Å²) in [6.07, 6.45) is 1.84. The number of rotatable bonds is 8. The number of thioether (sulfide) groups is 1. The molecule has 0 unspecified atom stereocenters. The lowest BCUT2D eigenvalue weighted by Gasteiger charge is -2.07. The van der Waals surface area contributed by atoms with Gasteiger partial charge in [-0.05, 0) is 13.3 Å². The van der Waals surface area contributed by atoms with Gasteiger partial charge in [0, 0.05) is 23.9 Å². The summed E-state index contributed by atoms with van der Waals surface area (Å²) >= 11 is 2.84. The minimum Gasteiger partial charge on any atom is -0.306 e. The Morgan fingerprint density at radius 1 is 1.22 bits per heavy atom. The number of aryl methyl sites for hydroxylation is 2. The van der Waals surface area contributed by atoms with Crippen molar-refractivity contribution in [3.05, 3.63) is 41.0 Å². The lowest BCUT2D eigenvalue weighted by molar-refractivity contribution is -0.113. The predicted molar refractivity (Wildman–Crippen MR) is 111 cm³/mol. The van der Waals surface area contributed by atoms with Gasteiger partial charge in [0.25, 0.3) is 0 Å². The van der Waals surface area contributed by atoms with Crippen LogP contribution in [0.2, 0.25) is 0 Å². The Hall–Kier alpha value is -2.19. The molecule has 2 heterocycles. The third-order valence-corrected chi connectivity index (χ3v) is 5.71. The molecular formula is C19H23N5OS2. The van der Waals surface area contributed by atoms with E-state index in [0.717, 1.165) is 41.6 Å². The highest BCUT2D eigenvalue weighted by molar-refractivity contribution is 7.99. The van der Waals surface area contributed by atoms with Crippen molar-refractivity contribution < 1.29 is 4.79 Å². The molecule has 8 heteroatoms. The summed E-state index contributed by atoms with van der Waals surface area (Å²) in [6, 6.07) is 8.19. The van der Waals surface area contributed by atoms with Gasteiger partial charge in [-0.2, -0.15) is 0 Å². The second-order valence-corrected chi connectivity index (χ2v) is 7.95. The van der Waals surface area contributed by atoms with E-state index < -0.39 is 0 Å². The molecule has 0 aliphatic heterocycles. The van der Waals surface area contributed by atoms with Crippen molar-refractivity contribution in [2.45, 2.75) is 45.3 Å². The van der Waals surface area contributed by atoms with Crippen LogP contribution in [0, 0.1) is 6.92 Å². The third kappa shape index (κ3) is 4.95. The highest BCUT2D eigenvalue weighted by atomic mass is 32.2. The molecule has 1 amide bonds. The molecule has 3 rings (SSSR count). The zero-order valence-electron chi connectivity index (χ0n) is 15.7. The summed E-state index contributed by atoms with van der Waals surface area (Å²) in [5.41, 5.74) is 3.13. The van der Waals surface area contributed by atoms with E-state index in [9.17, 15) is 4.79 Å². The van der Waals surface area contributed by atoms with E-state index in [1.54, 1.807) is 0 Å². The topological polar surface area (TPSA) is 72.7 Å². The molecule has 0 aliphatic carbocycles. The van der Waals surface area contributed by atoms with Gasteiger partial charge in [-0.1, -0.05) is 55.4 Å². The standard InChI is InChI=1S/C19H23N5OS2/c1-4-10-24-16(5-2)22-23-19(24)27-12-17(25)21-18-20-15(11-26-18)14-8-6-13(3)7-9-14/h6-9,11H,4-5,10,12H2,1-3H3,(H,20,21,25). The largest absolute Gasteiger partial charge is 0.306 e. The van der Waals surface area contributed by atoms with Crippen molar-refractivity contribution in [1.29, 1.82) is 0 Å². The predicted octanol–water partition coefficient (Wildman–Crippen LogP) is 4.41. The average Bonchev–Trinajstić information content (AvgIpc) is 3.28. The fraction of sp³-hybridized carbons (Fsp3) is 0.368. The van der Waals surface area contributed by atoms with Crippen LogP contribution >= 0.6 is 23.1 Å². The normalized spacial score (nSPS) is 10.9. The summed E-state index contributed by atoms with van der Waals surface area (Å²) in [5.74, 6) is 1.15. The van der Waals surface area contributed by atoms with Crippen LogP contribution in [-0.2, 0) is 17.8 Å². The Kier molecular flexibility index (Phi) is 6.63. The smallest absolute Gasteiger partial charge is 0.236 e. The van der Waals surface area contributed by atoms with Gasteiger partial charge >= 0.3 is 0 Å². The highest BCUT2D eigenvalue weighted by Gasteiger charge is 2.14. The number of benzene rings is 1. The molecule has 1 aromatic carbocycles. The molecule has 142 valence electrons. The van der Waals surface area contributed by atoms with Crippen LogP contribution in [-0.4, -0.2) is 31.4 Å². The number of nitrogens with one attached hydrogen (secondary N) is 1. The van der Waals surface area contributed by atoms with Crippen LogP contribution in [0.5, 0.6) is 0 Å². The van der Waals surface area contributed by atoms with Crippen molar-refractivity contribution in [2.75, 3.05) is 11.1 Å². The van der Waals surface area contributed by atoms with E-state index in [4.69, 9.17) is 0 Å². The Morgan fingerprint density at radius 3 is 2.70 bits per heavy atom. The molecule has 0 radical (unpaired) electrons. The van der Waals surface area contributed by atoms with Gasteiger partial charge in [0.2, 0.25) is 5.91 Å². The maximum Gasteiger partial charge on any atom is 0.236 e. The van der Waals surface area contributed by atoms with Crippen LogP contribution in [0.3, 0.4) is 0 Å². The number of hydrogen-bond donors (Lipinski definition) is 1. The molecule has 1 N–H and O–H groups in total. The van der Waals surface area contributed by atoms with Crippen LogP contribution in [0.15, 0.2) is 34.8 Å². The average molecular weight is 402 g/mol.